The molecule has 0 N–H and O–H groups in total. The van der Waals surface area contributed by atoms with Gasteiger partial charge in [-0.25, -0.2) is 0 Å². The van der Waals surface area contributed by atoms with Gasteiger partial charge in [0.2, 0.25) is 0 Å². The molecule has 2 unspecified atom stereocenters. The van der Waals surface area contributed by atoms with Crippen molar-refractivity contribution >= 4 is 0 Å². The van der Waals surface area contributed by atoms with E-state index in [4.69, 9.17) is 0 Å². The van der Waals surface area contributed by atoms with Crippen LogP contribution < -0.4 is 0 Å². The zero-order chi connectivity index (χ0) is 13.2. The van der Waals surface area contributed by atoms with Gasteiger partial charge in [-0.3, -0.25) is 0 Å². The monoisotopic (exact) mass is 339 g/mol. The summed E-state index contributed by atoms with van der Waals surface area (Å²) in [4.78, 5) is 2.36. The molecule has 1 nitrogen and oxygen atoms in total. The molecule has 101 valence electrons. The van der Waals surface area contributed by atoms with Crippen LogP contribution in [0.2, 0.25) is 0 Å². The number of nitrogens with zero attached hydrogens (tertiary/aromatic N) is 1. The first-order valence-corrected chi connectivity index (χ1v) is 6.96. The van der Waals surface area contributed by atoms with Crippen molar-refractivity contribution < 1.29 is 32.7 Å². The van der Waals surface area contributed by atoms with Crippen molar-refractivity contribution in [1.29, 1.82) is 0 Å². The molecule has 0 saturated heterocycles. The summed E-state index contributed by atoms with van der Waals surface area (Å²) in [5.41, 5.74) is 4.39. The van der Waals surface area contributed by atoms with Crippen molar-refractivity contribution in [1.82, 2.24) is 4.90 Å². The molecule has 1 radical (unpaired) electrons. The molecule has 2 atom stereocenters. The fourth-order valence-corrected chi connectivity index (χ4v) is 3.13. The summed E-state index contributed by atoms with van der Waals surface area (Å²) >= 11 is 0. The Balaban J connectivity index is 0.00000147. The third-order valence-electron chi connectivity index (χ3n) is 4.26. The van der Waals surface area contributed by atoms with Crippen LogP contribution in [0.1, 0.15) is 29.0 Å². The zero-order valence-corrected chi connectivity index (χ0v) is 15.1. The van der Waals surface area contributed by atoms with Crippen LogP contribution in [0, 0.1) is 6.07 Å². The molecule has 2 heteroatoms. The van der Waals surface area contributed by atoms with Crippen molar-refractivity contribution in [2.75, 3.05) is 14.1 Å². The second-order valence-electron chi connectivity index (χ2n) is 5.65. The Kier molecular flexibility index (Phi) is 5.54. The number of hydrogen-bond acceptors (Lipinski definition) is 1. The molecule has 0 heterocycles. The summed E-state index contributed by atoms with van der Waals surface area (Å²) in [6.45, 7) is 0. The van der Waals surface area contributed by atoms with E-state index >= 15 is 0 Å². The predicted octanol–water partition coefficient (Wildman–Crippen LogP) is 3.49. The molecule has 0 aliphatic heterocycles. The maximum Gasteiger partial charge on any atom is 0.0129 e. The molecule has 0 fully saturated rings. The number of likely N-dealkylation sites (N-methyl/N-ethyl adjacent to an activating group) is 1. The summed E-state index contributed by atoms with van der Waals surface area (Å²) in [5.74, 6) is 0.509. The molecule has 0 bridgehead atoms. The first-order chi connectivity index (χ1) is 9.25. The third-order valence-corrected chi connectivity index (χ3v) is 4.26. The molecule has 20 heavy (non-hydrogen) atoms. The first kappa shape index (κ1) is 15.9. The van der Waals surface area contributed by atoms with Crippen molar-refractivity contribution in [3.63, 3.8) is 0 Å². The molecule has 3 rings (SSSR count). The number of benzene rings is 2. The molecule has 0 amide bonds. The van der Waals surface area contributed by atoms with Crippen molar-refractivity contribution in [2.45, 2.75) is 24.8 Å². The van der Waals surface area contributed by atoms with E-state index in [0.717, 1.165) is 6.42 Å². The third kappa shape index (κ3) is 3.22. The van der Waals surface area contributed by atoms with E-state index in [-0.39, 0.29) is 32.7 Å². The topological polar surface area (TPSA) is 3.24 Å². The van der Waals surface area contributed by atoms with Gasteiger partial charge in [-0.2, -0.15) is 30.3 Å². The van der Waals surface area contributed by atoms with Gasteiger partial charge in [-0.1, -0.05) is 24.3 Å². The minimum Gasteiger partial charge on any atom is -0.306 e. The maximum atomic E-state index is 3.22. The Bertz CT molecular complexity index is 550. The first-order valence-electron chi connectivity index (χ1n) is 6.96. The van der Waals surface area contributed by atoms with Crippen LogP contribution in [0.4, 0.5) is 0 Å². The molecule has 1 aliphatic carbocycles. The van der Waals surface area contributed by atoms with Crippen LogP contribution in [-0.2, 0) is 39.1 Å². The fraction of sp³-hybridized carbons (Fsp3) is 0.333. The van der Waals surface area contributed by atoms with Gasteiger partial charge in [-0.15, -0.1) is 5.56 Å². The molecule has 0 spiro atoms. The second-order valence-corrected chi connectivity index (χ2v) is 5.65. The smallest absolute Gasteiger partial charge is 0.0129 e. The van der Waals surface area contributed by atoms with Crippen LogP contribution in [0.15, 0.2) is 48.5 Å². The maximum absolute atomic E-state index is 3.22. The molecule has 1 aliphatic rings. The van der Waals surface area contributed by atoms with E-state index in [1.807, 2.05) is 6.07 Å². The summed E-state index contributed by atoms with van der Waals surface area (Å²) in [6.07, 6.45) is 2.36. The van der Waals surface area contributed by atoms with Crippen LogP contribution in [0.25, 0.3) is 0 Å². The largest absolute Gasteiger partial charge is 0.306 e. The van der Waals surface area contributed by atoms with Gasteiger partial charge in [-0.05, 0) is 44.0 Å². The van der Waals surface area contributed by atoms with Crippen molar-refractivity contribution in [3.05, 3.63) is 71.3 Å². The number of rotatable bonds is 2. The fourth-order valence-electron chi connectivity index (χ4n) is 3.13. The Morgan fingerprint density at radius 1 is 1.10 bits per heavy atom. The molecule has 2 aromatic rings. The normalized spacial score (nSPS) is 21.1. The molecular weight excluding hydrogens is 319 g/mol. The molecule has 0 saturated carbocycles. The Hall–Kier alpha value is -0.496. The average molecular weight is 339 g/mol. The van der Waals surface area contributed by atoms with Crippen LogP contribution >= 0.6 is 0 Å². The predicted molar refractivity (Wildman–Crippen MR) is 79.4 cm³/mol. The Morgan fingerprint density at radius 2 is 1.90 bits per heavy atom. The van der Waals surface area contributed by atoms with Crippen LogP contribution in [0.3, 0.4) is 0 Å². The standard InChI is InChI=1S/C18H20N.Y/c1-19(2)16-12-15-10-6-7-11-17(15)18(13-16)14-8-4-3-5-9-14;/h3-4,6-11,16,18H,12-13H2,1-2H3;/q-1;. The minimum absolute atomic E-state index is 0. The molecular formula is C18H20NY-. The van der Waals surface area contributed by atoms with E-state index in [2.05, 4.69) is 67.5 Å². The SMILES string of the molecule is CN(C)C1Cc2ccccc2C(c2c[c-]ccc2)C1.[Y]. The summed E-state index contributed by atoms with van der Waals surface area (Å²) in [5, 5.41) is 0. The molecule has 0 aromatic heterocycles. The summed E-state index contributed by atoms with van der Waals surface area (Å²) < 4.78 is 0. The van der Waals surface area contributed by atoms with Crippen LogP contribution in [0.5, 0.6) is 0 Å². The zero-order valence-electron chi connectivity index (χ0n) is 12.2. The van der Waals surface area contributed by atoms with E-state index in [9.17, 15) is 0 Å². The quantitative estimate of drug-likeness (QED) is 0.757. The van der Waals surface area contributed by atoms with E-state index in [1.54, 1.807) is 0 Å². The summed E-state index contributed by atoms with van der Waals surface area (Å²) in [7, 11) is 4.37. The van der Waals surface area contributed by atoms with Gasteiger partial charge in [0.1, 0.15) is 0 Å². The van der Waals surface area contributed by atoms with Crippen LogP contribution in [-0.4, -0.2) is 25.0 Å². The van der Waals surface area contributed by atoms with E-state index in [1.165, 1.54) is 23.1 Å². The van der Waals surface area contributed by atoms with Crippen molar-refractivity contribution in [3.8, 4) is 0 Å². The van der Waals surface area contributed by atoms with Gasteiger partial charge in [0.05, 0.1) is 0 Å². The van der Waals surface area contributed by atoms with Gasteiger partial charge < -0.3 is 4.90 Å². The number of fused-ring (bicyclic) bond motifs is 1. The van der Waals surface area contributed by atoms with Crippen molar-refractivity contribution in [2.24, 2.45) is 0 Å². The van der Waals surface area contributed by atoms with E-state index < -0.39 is 0 Å². The minimum atomic E-state index is 0. The molecule has 2 aromatic carbocycles. The Morgan fingerprint density at radius 3 is 2.60 bits per heavy atom. The average Bonchev–Trinajstić information content (AvgIpc) is 2.47. The van der Waals surface area contributed by atoms with Gasteiger partial charge in [0, 0.05) is 38.8 Å². The van der Waals surface area contributed by atoms with Gasteiger partial charge in [0.15, 0.2) is 0 Å². The second kappa shape index (κ2) is 6.98. The van der Waals surface area contributed by atoms with E-state index in [0.29, 0.717) is 12.0 Å². The Labute approximate surface area is 147 Å². The van der Waals surface area contributed by atoms with Gasteiger partial charge >= 0.3 is 0 Å². The van der Waals surface area contributed by atoms with Gasteiger partial charge in [0.25, 0.3) is 0 Å². The number of hydrogen-bond donors (Lipinski definition) is 0. The summed E-state index contributed by atoms with van der Waals surface area (Å²) in [6, 6.07) is 21.2.